The summed E-state index contributed by atoms with van der Waals surface area (Å²) in [6.45, 7) is 10.8. The molecule has 2 atom stereocenters. The average Bonchev–Trinajstić information content (AvgIpc) is 2.38. The summed E-state index contributed by atoms with van der Waals surface area (Å²) in [4.78, 5) is 12.7. The number of nitrogens with one attached hydrogen (secondary N) is 1. The van der Waals surface area contributed by atoms with E-state index < -0.39 is 0 Å². The largest absolute Gasteiger partial charge is 0.353 e. The Labute approximate surface area is 124 Å². The Hall–Kier alpha value is -0.790. The second-order valence-electron chi connectivity index (χ2n) is 7.81. The van der Waals surface area contributed by atoms with Gasteiger partial charge in [0.15, 0.2) is 0 Å². The van der Waals surface area contributed by atoms with E-state index in [1.54, 1.807) is 0 Å². The maximum absolute atomic E-state index is 12.7. The summed E-state index contributed by atoms with van der Waals surface area (Å²) in [5.74, 6) is 0.808. The van der Waals surface area contributed by atoms with E-state index in [9.17, 15) is 4.79 Å². The van der Waals surface area contributed by atoms with Crippen LogP contribution < -0.4 is 5.32 Å². The summed E-state index contributed by atoms with van der Waals surface area (Å²) in [5, 5.41) is 3.33. The standard InChI is InChI=1S/C18H31NO/c1-13(2)15-10-11-18(3,4)12-16(15)17(20)19-14-8-6-5-7-9-14/h14-16H,1,5-12H2,2-4H3,(H,19,20). The molecule has 2 saturated carbocycles. The van der Waals surface area contributed by atoms with Crippen LogP contribution in [0, 0.1) is 17.3 Å². The fourth-order valence-electron chi connectivity index (χ4n) is 4.01. The van der Waals surface area contributed by atoms with E-state index >= 15 is 0 Å². The first-order valence-electron chi connectivity index (χ1n) is 8.35. The van der Waals surface area contributed by atoms with Crippen LogP contribution in [0.3, 0.4) is 0 Å². The Bertz CT molecular complexity index is 366. The molecule has 0 aliphatic heterocycles. The monoisotopic (exact) mass is 277 g/mol. The number of carbonyl (C=O) groups excluding carboxylic acids is 1. The molecule has 0 bridgehead atoms. The van der Waals surface area contributed by atoms with E-state index in [0.29, 0.717) is 17.4 Å². The van der Waals surface area contributed by atoms with Gasteiger partial charge in [0, 0.05) is 12.0 Å². The van der Waals surface area contributed by atoms with Crippen LogP contribution in [0.2, 0.25) is 0 Å². The van der Waals surface area contributed by atoms with E-state index in [4.69, 9.17) is 0 Å². The third-order valence-corrected chi connectivity index (χ3v) is 5.31. The molecule has 2 aliphatic rings. The van der Waals surface area contributed by atoms with E-state index in [2.05, 4.69) is 32.7 Å². The summed E-state index contributed by atoms with van der Waals surface area (Å²) in [6.07, 6.45) is 9.53. The van der Waals surface area contributed by atoms with Crippen molar-refractivity contribution in [1.29, 1.82) is 0 Å². The Morgan fingerprint density at radius 2 is 1.75 bits per heavy atom. The Morgan fingerprint density at radius 1 is 1.10 bits per heavy atom. The van der Waals surface area contributed by atoms with Gasteiger partial charge in [-0.3, -0.25) is 4.79 Å². The zero-order valence-electron chi connectivity index (χ0n) is 13.5. The third kappa shape index (κ3) is 3.86. The predicted octanol–water partition coefficient (Wildman–Crippen LogP) is 4.45. The maximum atomic E-state index is 12.7. The smallest absolute Gasteiger partial charge is 0.223 e. The lowest BCUT2D eigenvalue weighted by Gasteiger charge is -2.41. The minimum absolute atomic E-state index is 0.137. The van der Waals surface area contributed by atoms with Crippen LogP contribution in [0.4, 0.5) is 0 Å². The number of rotatable bonds is 3. The van der Waals surface area contributed by atoms with Crippen LogP contribution in [-0.2, 0) is 4.79 Å². The molecule has 2 fully saturated rings. The van der Waals surface area contributed by atoms with Gasteiger partial charge in [-0.05, 0) is 50.4 Å². The number of allylic oxidation sites excluding steroid dienone is 1. The van der Waals surface area contributed by atoms with Crippen LogP contribution in [-0.4, -0.2) is 11.9 Å². The molecule has 0 radical (unpaired) electrons. The van der Waals surface area contributed by atoms with Gasteiger partial charge in [0.25, 0.3) is 0 Å². The molecule has 0 heterocycles. The molecule has 2 aliphatic carbocycles. The van der Waals surface area contributed by atoms with Gasteiger partial charge in [-0.15, -0.1) is 0 Å². The highest BCUT2D eigenvalue weighted by molar-refractivity contribution is 5.80. The zero-order valence-corrected chi connectivity index (χ0v) is 13.5. The van der Waals surface area contributed by atoms with E-state index in [1.165, 1.54) is 44.1 Å². The summed E-state index contributed by atoms with van der Waals surface area (Å²) in [7, 11) is 0. The normalized spacial score (nSPS) is 30.8. The van der Waals surface area contributed by atoms with Gasteiger partial charge in [-0.25, -0.2) is 0 Å². The van der Waals surface area contributed by atoms with Crippen molar-refractivity contribution in [2.24, 2.45) is 17.3 Å². The van der Waals surface area contributed by atoms with E-state index in [0.717, 1.165) is 12.8 Å². The Morgan fingerprint density at radius 3 is 2.35 bits per heavy atom. The fourth-order valence-corrected chi connectivity index (χ4v) is 4.01. The fraction of sp³-hybridized carbons (Fsp3) is 0.833. The van der Waals surface area contributed by atoms with Crippen LogP contribution in [0.25, 0.3) is 0 Å². The lowest BCUT2D eigenvalue weighted by Crippen LogP contribution is -2.45. The van der Waals surface area contributed by atoms with Crippen molar-refractivity contribution in [3.63, 3.8) is 0 Å². The Balaban J connectivity index is 2.01. The lowest BCUT2D eigenvalue weighted by atomic mass is 9.65. The highest BCUT2D eigenvalue weighted by atomic mass is 16.2. The van der Waals surface area contributed by atoms with Gasteiger partial charge >= 0.3 is 0 Å². The molecule has 0 spiro atoms. The summed E-state index contributed by atoms with van der Waals surface area (Å²) < 4.78 is 0. The van der Waals surface area contributed by atoms with Crippen molar-refractivity contribution in [2.75, 3.05) is 0 Å². The first-order chi connectivity index (χ1) is 9.39. The number of amides is 1. The minimum atomic E-state index is 0.137. The van der Waals surface area contributed by atoms with Crippen LogP contribution in [0.15, 0.2) is 12.2 Å². The molecule has 2 nitrogen and oxygen atoms in total. The average molecular weight is 277 g/mol. The summed E-state index contributed by atoms with van der Waals surface area (Å²) >= 11 is 0. The SMILES string of the molecule is C=C(C)C1CCC(C)(C)CC1C(=O)NC1CCCCC1. The molecule has 0 saturated heterocycles. The second kappa shape index (κ2) is 6.32. The molecule has 114 valence electrons. The van der Waals surface area contributed by atoms with Gasteiger partial charge in [0.2, 0.25) is 5.91 Å². The second-order valence-corrected chi connectivity index (χ2v) is 7.81. The molecular weight excluding hydrogens is 246 g/mol. The Kier molecular flexibility index (Phi) is 4.93. The van der Waals surface area contributed by atoms with Crippen LogP contribution >= 0.6 is 0 Å². The van der Waals surface area contributed by atoms with Gasteiger partial charge < -0.3 is 5.32 Å². The van der Waals surface area contributed by atoms with Crippen molar-refractivity contribution < 1.29 is 4.79 Å². The lowest BCUT2D eigenvalue weighted by molar-refractivity contribution is -0.129. The van der Waals surface area contributed by atoms with Crippen molar-refractivity contribution in [3.8, 4) is 0 Å². The first-order valence-corrected chi connectivity index (χ1v) is 8.35. The van der Waals surface area contributed by atoms with Gasteiger partial charge in [-0.1, -0.05) is 45.3 Å². The molecule has 2 rings (SSSR count). The number of hydrogen-bond donors (Lipinski definition) is 1. The van der Waals surface area contributed by atoms with Crippen LogP contribution in [0.5, 0.6) is 0 Å². The highest BCUT2D eigenvalue weighted by Crippen LogP contribution is 2.44. The minimum Gasteiger partial charge on any atom is -0.353 e. The topological polar surface area (TPSA) is 29.1 Å². The molecule has 1 N–H and O–H groups in total. The molecular formula is C18H31NO. The maximum Gasteiger partial charge on any atom is 0.223 e. The molecule has 0 aromatic heterocycles. The molecule has 1 amide bonds. The van der Waals surface area contributed by atoms with Crippen LogP contribution in [0.1, 0.15) is 72.1 Å². The van der Waals surface area contributed by atoms with Crippen molar-refractivity contribution in [3.05, 3.63) is 12.2 Å². The molecule has 0 aromatic carbocycles. The van der Waals surface area contributed by atoms with Crippen molar-refractivity contribution >= 4 is 5.91 Å². The third-order valence-electron chi connectivity index (χ3n) is 5.31. The molecule has 2 unspecified atom stereocenters. The van der Waals surface area contributed by atoms with Crippen molar-refractivity contribution in [2.45, 2.75) is 78.2 Å². The van der Waals surface area contributed by atoms with Gasteiger partial charge in [-0.2, -0.15) is 0 Å². The number of carbonyl (C=O) groups is 1. The van der Waals surface area contributed by atoms with E-state index in [1.807, 2.05) is 0 Å². The van der Waals surface area contributed by atoms with Gasteiger partial charge in [0.1, 0.15) is 0 Å². The molecule has 0 aromatic rings. The number of hydrogen-bond acceptors (Lipinski definition) is 1. The first kappa shape index (κ1) is 15.6. The summed E-state index contributed by atoms with van der Waals surface area (Å²) in [5.41, 5.74) is 1.48. The van der Waals surface area contributed by atoms with Crippen molar-refractivity contribution in [1.82, 2.24) is 5.32 Å². The molecule has 20 heavy (non-hydrogen) atoms. The van der Waals surface area contributed by atoms with E-state index in [-0.39, 0.29) is 11.8 Å². The summed E-state index contributed by atoms with van der Waals surface area (Å²) in [6, 6.07) is 0.423. The highest BCUT2D eigenvalue weighted by Gasteiger charge is 2.39. The van der Waals surface area contributed by atoms with Gasteiger partial charge in [0.05, 0.1) is 0 Å². The zero-order chi connectivity index (χ0) is 14.8. The quantitative estimate of drug-likeness (QED) is 0.758. The molecule has 2 heteroatoms. The predicted molar refractivity (Wildman–Crippen MR) is 84.4 cm³/mol.